The van der Waals surface area contributed by atoms with E-state index in [0.717, 1.165) is 24.3 Å². The molecule has 0 aliphatic heterocycles. The lowest BCUT2D eigenvalue weighted by atomic mass is 9.87. The quantitative estimate of drug-likeness (QED) is 0.445. The van der Waals surface area contributed by atoms with E-state index in [9.17, 15) is 0 Å². The lowest BCUT2D eigenvalue weighted by Gasteiger charge is -2.31. The maximum Gasteiger partial charge on any atom is 0.365 e. The van der Waals surface area contributed by atoms with E-state index in [0.29, 0.717) is 6.04 Å². The molecular weight excluding hydrogens is 421 g/mol. The summed E-state index contributed by atoms with van der Waals surface area (Å²) in [5.74, 6) is 1.51. The summed E-state index contributed by atoms with van der Waals surface area (Å²) in [7, 11) is 0. The van der Waals surface area contributed by atoms with Crippen molar-refractivity contribution in [2.24, 2.45) is 0 Å². The number of rotatable bonds is 6. The van der Waals surface area contributed by atoms with E-state index in [1.54, 1.807) is 0 Å². The fourth-order valence-corrected chi connectivity index (χ4v) is 6.45. The van der Waals surface area contributed by atoms with E-state index in [1.807, 2.05) is 24.3 Å². The molecule has 1 aliphatic rings. The van der Waals surface area contributed by atoms with E-state index in [2.05, 4.69) is 70.9 Å². The molecule has 2 aromatic carbocycles. The average Bonchev–Trinajstić information content (AvgIpc) is 2.68. The Kier molecular flexibility index (Phi) is 7.56. The minimum atomic E-state index is -2.76. The van der Waals surface area contributed by atoms with Gasteiger partial charge in [0.1, 0.15) is 11.5 Å². The van der Waals surface area contributed by atoms with E-state index >= 15 is 0 Å². The van der Waals surface area contributed by atoms with E-state index in [4.69, 9.17) is 20.9 Å². The minimum Gasteiger partial charge on any atom is -0.425 e. The Hall–Kier alpha value is -1.35. The van der Waals surface area contributed by atoms with Gasteiger partial charge in [-0.2, -0.15) is 0 Å². The highest BCUT2D eigenvalue weighted by atomic mass is 32.5. The molecule has 3 rings (SSSR count). The van der Waals surface area contributed by atoms with Crippen molar-refractivity contribution in [3.8, 4) is 11.5 Å². The lowest BCUT2D eigenvalue weighted by molar-refractivity contribution is 0.388. The van der Waals surface area contributed by atoms with Crippen LogP contribution in [0.3, 0.4) is 0 Å². The molecule has 1 fully saturated rings. The molecule has 5 heteroatoms. The van der Waals surface area contributed by atoms with Gasteiger partial charge in [0, 0.05) is 17.8 Å². The van der Waals surface area contributed by atoms with Gasteiger partial charge in [0.25, 0.3) is 0 Å². The Labute approximate surface area is 194 Å². The summed E-state index contributed by atoms with van der Waals surface area (Å²) in [4.78, 5) is 0. The van der Waals surface area contributed by atoms with Gasteiger partial charge < -0.3 is 9.05 Å². The summed E-state index contributed by atoms with van der Waals surface area (Å²) in [5.41, 5.74) is 2.74. The molecule has 1 saturated carbocycles. The molecule has 0 bridgehead atoms. The van der Waals surface area contributed by atoms with Crippen LogP contribution in [0.2, 0.25) is 0 Å². The normalized spacial score (nSPS) is 16.2. The molecule has 0 saturated heterocycles. The summed E-state index contributed by atoms with van der Waals surface area (Å²) in [5, 5.41) is 3.60. The molecule has 0 heterocycles. The van der Waals surface area contributed by atoms with Crippen molar-refractivity contribution in [1.29, 1.82) is 0 Å². The molecule has 3 nitrogen and oxygen atoms in total. The van der Waals surface area contributed by atoms with E-state index in [1.165, 1.54) is 30.4 Å². The van der Waals surface area contributed by atoms with Crippen LogP contribution in [0.15, 0.2) is 48.5 Å². The highest BCUT2D eigenvalue weighted by Crippen LogP contribution is 2.47. The number of nitrogens with one attached hydrogen (secondary N) is 1. The smallest absolute Gasteiger partial charge is 0.365 e. The average molecular weight is 460 g/mol. The first kappa shape index (κ1) is 24.3. The van der Waals surface area contributed by atoms with Crippen molar-refractivity contribution >= 4 is 18.4 Å². The monoisotopic (exact) mass is 459 g/mol. The van der Waals surface area contributed by atoms with Crippen molar-refractivity contribution in [2.45, 2.75) is 90.5 Å². The van der Waals surface area contributed by atoms with E-state index < -0.39 is 6.64 Å². The number of benzene rings is 2. The Morgan fingerprint density at radius 1 is 0.710 bits per heavy atom. The zero-order valence-corrected chi connectivity index (χ0v) is 21.6. The molecule has 1 aliphatic carbocycles. The van der Waals surface area contributed by atoms with Crippen LogP contribution in [0.1, 0.15) is 84.8 Å². The molecule has 0 amide bonds. The third kappa shape index (κ3) is 7.07. The standard InChI is InChI=1S/C26H38NO2PS/c1-25(2,3)20-12-16-23(17-13-20)28-30(31,27-22-10-8-7-9-11-22)29-24-18-14-21(15-19-24)26(4,5)6/h12-19,22H,7-11H2,1-6H3,(H,27,31). The molecule has 1 N–H and O–H groups in total. The van der Waals surface area contributed by atoms with E-state index in [-0.39, 0.29) is 10.8 Å². The Morgan fingerprint density at radius 3 is 1.45 bits per heavy atom. The minimum absolute atomic E-state index is 0.102. The second-order valence-corrected chi connectivity index (χ2v) is 13.8. The lowest BCUT2D eigenvalue weighted by Crippen LogP contribution is -2.31. The molecule has 0 atom stereocenters. The molecule has 0 aromatic heterocycles. The maximum absolute atomic E-state index is 6.37. The molecule has 2 aromatic rings. The SMILES string of the molecule is CC(C)(C)c1ccc(OP(=S)(NC2CCCCC2)Oc2ccc(C(C)(C)C)cc2)cc1. The van der Waals surface area contributed by atoms with Gasteiger partial charge in [0.15, 0.2) is 0 Å². The first-order chi connectivity index (χ1) is 14.4. The molecule has 31 heavy (non-hydrogen) atoms. The first-order valence-electron chi connectivity index (χ1n) is 11.4. The highest BCUT2D eigenvalue weighted by Gasteiger charge is 2.28. The topological polar surface area (TPSA) is 30.5 Å². The molecule has 0 spiro atoms. The van der Waals surface area contributed by atoms with Crippen molar-refractivity contribution in [2.75, 3.05) is 0 Å². The summed E-state index contributed by atoms with van der Waals surface area (Å²) >= 11 is 6.01. The largest absolute Gasteiger partial charge is 0.425 e. The van der Waals surface area contributed by atoms with Crippen LogP contribution in [-0.2, 0) is 22.6 Å². The third-order valence-corrected chi connectivity index (χ3v) is 8.18. The third-order valence-electron chi connectivity index (χ3n) is 5.84. The highest BCUT2D eigenvalue weighted by molar-refractivity contribution is 8.09. The first-order valence-corrected chi connectivity index (χ1v) is 14.1. The van der Waals surface area contributed by atoms with Gasteiger partial charge in [-0.3, -0.25) is 0 Å². The maximum atomic E-state index is 6.37. The summed E-state index contributed by atoms with van der Waals surface area (Å²) in [6, 6.07) is 16.9. The van der Waals surface area contributed by atoms with Crippen LogP contribution in [0.4, 0.5) is 0 Å². The van der Waals surface area contributed by atoms with Gasteiger partial charge in [-0.1, -0.05) is 85.1 Å². The van der Waals surface area contributed by atoms with Crippen molar-refractivity contribution in [1.82, 2.24) is 5.09 Å². The zero-order valence-electron chi connectivity index (χ0n) is 19.9. The van der Waals surface area contributed by atoms with Crippen LogP contribution in [0.25, 0.3) is 0 Å². The van der Waals surface area contributed by atoms with Gasteiger partial charge in [0.2, 0.25) is 0 Å². The summed E-state index contributed by atoms with van der Waals surface area (Å²) < 4.78 is 12.7. The number of hydrogen-bond donors (Lipinski definition) is 1. The summed E-state index contributed by atoms with van der Waals surface area (Å²) in [6.07, 6.45) is 6.00. The van der Waals surface area contributed by atoms with Crippen LogP contribution in [0.5, 0.6) is 11.5 Å². The Morgan fingerprint density at radius 2 is 1.10 bits per heavy atom. The van der Waals surface area contributed by atoms with Crippen LogP contribution in [0, 0.1) is 0 Å². The Bertz CT molecular complexity index is 825. The van der Waals surface area contributed by atoms with Crippen LogP contribution >= 0.6 is 6.64 Å². The summed E-state index contributed by atoms with van der Waals surface area (Å²) in [6.45, 7) is 10.5. The van der Waals surface area contributed by atoms with Crippen molar-refractivity contribution in [3.05, 3.63) is 59.7 Å². The fraction of sp³-hybridized carbons (Fsp3) is 0.538. The second-order valence-electron chi connectivity index (χ2n) is 10.7. The Balaban J connectivity index is 1.81. The fourth-order valence-electron chi connectivity index (χ4n) is 3.84. The van der Waals surface area contributed by atoms with Gasteiger partial charge in [-0.15, -0.1) is 0 Å². The van der Waals surface area contributed by atoms with Crippen molar-refractivity contribution in [3.63, 3.8) is 0 Å². The van der Waals surface area contributed by atoms with Gasteiger partial charge in [0.05, 0.1) is 0 Å². The second kappa shape index (κ2) is 9.65. The molecular formula is C26H38NO2PS. The molecule has 170 valence electrons. The van der Waals surface area contributed by atoms with Crippen LogP contribution in [-0.4, -0.2) is 6.04 Å². The van der Waals surface area contributed by atoms with Gasteiger partial charge in [-0.05, 0) is 59.1 Å². The van der Waals surface area contributed by atoms with Crippen molar-refractivity contribution < 1.29 is 9.05 Å². The molecule has 0 radical (unpaired) electrons. The predicted octanol–water partition coefficient (Wildman–Crippen LogP) is 7.89. The predicted molar refractivity (Wildman–Crippen MR) is 136 cm³/mol. The number of hydrogen-bond acceptors (Lipinski definition) is 3. The van der Waals surface area contributed by atoms with Crippen LogP contribution < -0.4 is 14.1 Å². The van der Waals surface area contributed by atoms with Gasteiger partial charge in [-0.25, -0.2) is 5.09 Å². The zero-order chi connectivity index (χ0) is 22.7. The molecule has 0 unspecified atom stereocenters. The van der Waals surface area contributed by atoms with Gasteiger partial charge >= 0.3 is 6.64 Å².